The minimum Gasteiger partial charge on any atom is -0.481 e. The van der Waals surface area contributed by atoms with Crippen LogP contribution in [0.25, 0.3) is 0 Å². The first-order chi connectivity index (χ1) is 8.89. The molecule has 2 N–H and O–H groups in total. The Kier molecular flexibility index (Phi) is 4.51. The largest absolute Gasteiger partial charge is 0.481 e. The maximum atomic E-state index is 11.0. The van der Waals surface area contributed by atoms with Crippen molar-refractivity contribution in [3.05, 3.63) is 0 Å². The van der Waals surface area contributed by atoms with Crippen molar-refractivity contribution in [3.63, 3.8) is 0 Å². The zero-order chi connectivity index (χ0) is 14.0. The minimum atomic E-state index is -0.708. The number of carboxylic acids is 1. The molecule has 4 heteroatoms. The average Bonchev–Trinajstić information content (AvgIpc) is 3.12. The van der Waals surface area contributed by atoms with Gasteiger partial charge in [0, 0.05) is 19.1 Å². The van der Waals surface area contributed by atoms with Gasteiger partial charge in [-0.2, -0.15) is 0 Å². The van der Waals surface area contributed by atoms with E-state index in [0.29, 0.717) is 38.3 Å². The molecule has 0 heterocycles. The van der Waals surface area contributed by atoms with E-state index in [2.05, 4.69) is 18.7 Å². The van der Waals surface area contributed by atoms with E-state index in [9.17, 15) is 9.90 Å². The second-order valence-electron chi connectivity index (χ2n) is 6.80. The molecule has 2 aliphatic rings. The number of aliphatic carboxylic acids is 1. The molecule has 2 fully saturated rings. The van der Waals surface area contributed by atoms with Gasteiger partial charge in [0.15, 0.2) is 0 Å². The van der Waals surface area contributed by atoms with Crippen molar-refractivity contribution in [1.29, 1.82) is 0 Å². The summed E-state index contributed by atoms with van der Waals surface area (Å²) in [6.45, 7) is 6.14. The van der Waals surface area contributed by atoms with E-state index in [-0.39, 0.29) is 5.92 Å². The molecule has 0 atom stereocenters. The van der Waals surface area contributed by atoms with E-state index in [0.717, 1.165) is 12.5 Å². The highest BCUT2D eigenvalue weighted by Gasteiger charge is 2.38. The predicted molar refractivity (Wildman–Crippen MR) is 74.0 cm³/mol. The van der Waals surface area contributed by atoms with Crippen LogP contribution in [0.3, 0.4) is 0 Å². The summed E-state index contributed by atoms with van der Waals surface area (Å²) < 4.78 is 0. The highest BCUT2D eigenvalue weighted by molar-refractivity contribution is 5.70. The molecule has 19 heavy (non-hydrogen) atoms. The number of carbonyl (C=O) groups is 1. The monoisotopic (exact) mass is 269 g/mol. The van der Waals surface area contributed by atoms with Crippen molar-refractivity contribution < 1.29 is 15.0 Å². The molecular weight excluding hydrogens is 242 g/mol. The molecular formula is C15H27NO3. The van der Waals surface area contributed by atoms with Crippen molar-refractivity contribution >= 4 is 5.97 Å². The van der Waals surface area contributed by atoms with Gasteiger partial charge in [-0.05, 0) is 58.3 Å². The quantitative estimate of drug-likeness (QED) is 0.775. The summed E-state index contributed by atoms with van der Waals surface area (Å²) in [6.07, 6.45) is 5.11. The third-order valence-corrected chi connectivity index (χ3v) is 4.68. The summed E-state index contributed by atoms with van der Waals surface area (Å²) in [5.74, 6) is -0.140. The molecule has 4 nitrogen and oxygen atoms in total. The van der Waals surface area contributed by atoms with Gasteiger partial charge in [0.1, 0.15) is 0 Å². The Labute approximate surface area is 115 Å². The zero-order valence-electron chi connectivity index (χ0n) is 12.1. The smallest absolute Gasteiger partial charge is 0.306 e. The van der Waals surface area contributed by atoms with E-state index in [1.54, 1.807) is 0 Å². The van der Waals surface area contributed by atoms with Crippen molar-refractivity contribution in [2.45, 2.75) is 64.0 Å². The van der Waals surface area contributed by atoms with Gasteiger partial charge in [-0.25, -0.2) is 0 Å². The molecule has 0 bridgehead atoms. The Bertz CT molecular complexity index is 317. The topological polar surface area (TPSA) is 60.8 Å². The van der Waals surface area contributed by atoms with E-state index < -0.39 is 11.6 Å². The fourth-order valence-electron chi connectivity index (χ4n) is 3.03. The number of rotatable bonds is 6. The predicted octanol–water partition coefficient (Wildman–Crippen LogP) is 2.11. The molecule has 0 radical (unpaired) electrons. The van der Waals surface area contributed by atoms with Gasteiger partial charge in [-0.15, -0.1) is 0 Å². The molecule has 0 saturated heterocycles. The van der Waals surface area contributed by atoms with Gasteiger partial charge in [-0.3, -0.25) is 9.69 Å². The summed E-state index contributed by atoms with van der Waals surface area (Å²) in [5.41, 5.74) is -0.675. The van der Waals surface area contributed by atoms with E-state index >= 15 is 0 Å². The molecule has 2 aliphatic carbocycles. The van der Waals surface area contributed by atoms with Crippen LogP contribution in [0.1, 0.15) is 52.4 Å². The van der Waals surface area contributed by atoms with Crippen LogP contribution in [-0.2, 0) is 4.79 Å². The Hall–Kier alpha value is -0.610. The van der Waals surface area contributed by atoms with Gasteiger partial charge in [0.05, 0.1) is 11.5 Å². The van der Waals surface area contributed by atoms with Crippen LogP contribution < -0.4 is 0 Å². The summed E-state index contributed by atoms with van der Waals surface area (Å²) in [5, 5.41) is 19.7. The van der Waals surface area contributed by atoms with Gasteiger partial charge in [-0.1, -0.05) is 0 Å². The van der Waals surface area contributed by atoms with Crippen LogP contribution in [0, 0.1) is 11.8 Å². The molecule has 2 saturated carbocycles. The van der Waals surface area contributed by atoms with Gasteiger partial charge in [0.25, 0.3) is 0 Å². The lowest BCUT2D eigenvalue weighted by Gasteiger charge is -2.40. The zero-order valence-corrected chi connectivity index (χ0v) is 12.1. The van der Waals surface area contributed by atoms with Crippen LogP contribution >= 0.6 is 0 Å². The molecule has 0 amide bonds. The maximum absolute atomic E-state index is 11.0. The number of aliphatic hydroxyl groups is 1. The molecule has 0 aliphatic heterocycles. The van der Waals surface area contributed by atoms with Crippen molar-refractivity contribution in [2.75, 3.05) is 13.1 Å². The molecule has 110 valence electrons. The number of hydrogen-bond acceptors (Lipinski definition) is 3. The molecule has 0 unspecified atom stereocenters. The molecule has 0 aromatic heterocycles. The lowest BCUT2D eigenvalue weighted by atomic mass is 9.78. The summed E-state index contributed by atoms with van der Waals surface area (Å²) in [6, 6.07) is 0.446. The van der Waals surface area contributed by atoms with Gasteiger partial charge in [0.2, 0.25) is 0 Å². The molecule has 0 spiro atoms. The highest BCUT2D eigenvalue weighted by Crippen LogP contribution is 2.35. The third-order valence-electron chi connectivity index (χ3n) is 4.68. The first-order valence-corrected chi connectivity index (χ1v) is 7.59. The van der Waals surface area contributed by atoms with Crippen LogP contribution in [0.15, 0.2) is 0 Å². The Morgan fingerprint density at radius 2 is 1.84 bits per heavy atom. The summed E-state index contributed by atoms with van der Waals surface area (Å²) in [7, 11) is 0. The van der Waals surface area contributed by atoms with Crippen molar-refractivity contribution in [2.24, 2.45) is 11.8 Å². The maximum Gasteiger partial charge on any atom is 0.306 e. The standard InChI is InChI=1S/C15H27NO3/c1-11(2)16(9-12-3-4-12)10-15(19)7-5-13(6-8-15)14(17)18/h11-13,19H,3-10H2,1-2H3,(H,17,18). The first kappa shape index (κ1) is 14.8. The highest BCUT2D eigenvalue weighted by atomic mass is 16.4. The second-order valence-corrected chi connectivity index (χ2v) is 6.80. The van der Waals surface area contributed by atoms with E-state index in [1.807, 2.05) is 0 Å². The second kappa shape index (κ2) is 5.80. The molecule has 0 aromatic carbocycles. The summed E-state index contributed by atoms with van der Waals surface area (Å²) in [4.78, 5) is 13.3. The minimum absolute atomic E-state index is 0.254. The lowest BCUT2D eigenvalue weighted by molar-refractivity contribution is -0.145. The van der Waals surface area contributed by atoms with E-state index in [4.69, 9.17) is 5.11 Å². The number of hydrogen-bond donors (Lipinski definition) is 2. The lowest BCUT2D eigenvalue weighted by Crippen LogP contribution is -2.49. The third kappa shape index (κ3) is 4.18. The van der Waals surface area contributed by atoms with Crippen LogP contribution in [0.4, 0.5) is 0 Å². The Balaban J connectivity index is 1.87. The Morgan fingerprint density at radius 1 is 1.26 bits per heavy atom. The first-order valence-electron chi connectivity index (χ1n) is 7.59. The fraction of sp³-hybridized carbons (Fsp3) is 0.933. The fourth-order valence-corrected chi connectivity index (χ4v) is 3.03. The van der Waals surface area contributed by atoms with Crippen molar-refractivity contribution in [1.82, 2.24) is 4.90 Å². The van der Waals surface area contributed by atoms with Crippen molar-refractivity contribution in [3.8, 4) is 0 Å². The van der Waals surface area contributed by atoms with Crippen LogP contribution in [0.5, 0.6) is 0 Å². The number of carboxylic acid groups (broad SMARTS) is 1. The van der Waals surface area contributed by atoms with Crippen LogP contribution in [-0.4, -0.2) is 45.8 Å². The van der Waals surface area contributed by atoms with Crippen LogP contribution in [0.2, 0.25) is 0 Å². The van der Waals surface area contributed by atoms with E-state index in [1.165, 1.54) is 12.8 Å². The molecule has 0 aromatic rings. The SMILES string of the molecule is CC(C)N(CC1CC1)CC1(O)CCC(C(=O)O)CC1. The Morgan fingerprint density at radius 3 is 2.26 bits per heavy atom. The average molecular weight is 269 g/mol. The molecule has 2 rings (SSSR count). The van der Waals surface area contributed by atoms with Gasteiger partial charge < -0.3 is 10.2 Å². The summed E-state index contributed by atoms with van der Waals surface area (Å²) >= 11 is 0. The van der Waals surface area contributed by atoms with Gasteiger partial charge >= 0.3 is 5.97 Å². The normalized spacial score (nSPS) is 31.9. The number of nitrogens with zero attached hydrogens (tertiary/aromatic N) is 1.